The van der Waals surface area contributed by atoms with Crippen molar-refractivity contribution in [2.75, 3.05) is 0 Å². The molecule has 0 nitrogen and oxygen atoms in total. The van der Waals surface area contributed by atoms with Gasteiger partial charge in [-0.25, -0.2) is 0 Å². The molecule has 0 heteroatoms. The summed E-state index contributed by atoms with van der Waals surface area (Å²) in [5.41, 5.74) is 2.85. The summed E-state index contributed by atoms with van der Waals surface area (Å²) in [6.07, 6.45) is 6.10. The molecule has 1 aliphatic rings. The van der Waals surface area contributed by atoms with Gasteiger partial charge in [0.1, 0.15) is 0 Å². The standard InChI is InChI=1S/C10H16/c1-4-10-8(2)6-5-7-9(10)3/h4,9H,2,5-7H2,1,3H3/b10-4+. The molecule has 0 spiro atoms. The first kappa shape index (κ1) is 7.59. The summed E-state index contributed by atoms with van der Waals surface area (Å²) in [5.74, 6) is 0.756. The maximum Gasteiger partial charge on any atom is -0.0191 e. The van der Waals surface area contributed by atoms with E-state index in [1.165, 1.54) is 30.4 Å². The van der Waals surface area contributed by atoms with Gasteiger partial charge < -0.3 is 0 Å². The highest BCUT2D eigenvalue weighted by molar-refractivity contribution is 5.31. The van der Waals surface area contributed by atoms with E-state index < -0.39 is 0 Å². The van der Waals surface area contributed by atoms with Gasteiger partial charge in [-0.05, 0) is 37.7 Å². The summed E-state index contributed by atoms with van der Waals surface area (Å²) in [5, 5.41) is 0. The molecule has 0 aromatic rings. The highest BCUT2D eigenvalue weighted by atomic mass is 14.2. The summed E-state index contributed by atoms with van der Waals surface area (Å²) in [4.78, 5) is 0. The first-order chi connectivity index (χ1) is 4.75. The van der Waals surface area contributed by atoms with Crippen LogP contribution in [0.5, 0.6) is 0 Å². The molecule has 1 aliphatic carbocycles. The largest absolute Gasteiger partial charge is 0.0956 e. The molecule has 0 aromatic heterocycles. The second-order valence-electron chi connectivity index (χ2n) is 3.14. The molecule has 0 radical (unpaired) electrons. The molecule has 0 saturated heterocycles. The van der Waals surface area contributed by atoms with E-state index >= 15 is 0 Å². The van der Waals surface area contributed by atoms with Crippen molar-refractivity contribution in [1.82, 2.24) is 0 Å². The molecule has 1 unspecified atom stereocenters. The zero-order valence-corrected chi connectivity index (χ0v) is 6.98. The third-order valence-corrected chi connectivity index (χ3v) is 2.37. The summed E-state index contributed by atoms with van der Waals surface area (Å²) in [6.45, 7) is 8.45. The first-order valence-corrected chi connectivity index (χ1v) is 4.10. The minimum Gasteiger partial charge on any atom is -0.0956 e. The van der Waals surface area contributed by atoms with Crippen LogP contribution in [0.3, 0.4) is 0 Å². The third kappa shape index (κ3) is 1.31. The van der Waals surface area contributed by atoms with Gasteiger partial charge in [0.15, 0.2) is 0 Å². The van der Waals surface area contributed by atoms with E-state index in [9.17, 15) is 0 Å². The topological polar surface area (TPSA) is 0 Å². The van der Waals surface area contributed by atoms with E-state index in [0.717, 1.165) is 5.92 Å². The van der Waals surface area contributed by atoms with Gasteiger partial charge in [-0.15, -0.1) is 0 Å². The van der Waals surface area contributed by atoms with E-state index in [4.69, 9.17) is 0 Å². The highest BCUT2D eigenvalue weighted by Crippen LogP contribution is 2.31. The lowest BCUT2D eigenvalue weighted by atomic mass is 9.82. The highest BCUT2D eigenvalue weighted by Gasteiger charge is 2.15. The fraction of sp³-hybridized carbons (Fsp3) is 0.600. The van der Waals surface area contributed by atoms with Gasteiger partial charge in [0.25, 0.3) is 0 Å². The van der Waals surface area contributed by atoms with E-state index in [-0.39, 0.29) is 0 Å². The molecule has 10 heavy (non-hydrogen) atoms. The molecule has 1 fully saturated rings. The van der Waals surface area contributed by atoms with Crippen LogP contribution in [0.2, 0.25) is 0 Å². The Morgan fingerprint density at radius 3 is 2.70 bits per heavy atom. The lowest BCUT2D eigenvalue weighted by Crippen LogP contribution is -2.07. The van der Waals surface area contributed by atoms with Crippen LogP contribution in [0.4, 0.5) is 0 Å². The monoisotopic (exact) mass is 136 g/mol. The Balaban J connectivity index is 2.73. The molecular formula is C10H16. The van der Waals surface area contributed by atoms with Crippen molar-refractivity contribution >= 4 is 0 Å². The molecule has 0 bridgehead atoms. The SMILES string of the molecule is C=C1CCCC(C)/C1=C/C. The quantitative estimate of drug-likeness (QED) is 0.479. The third-order valence-electron chi connectivity index (χ3n) is 2.37. The van der Waals surface area contributed by atoms with Crippen LogP contribution in [0.1, 0.15) is 33.1 Å². The number of hydrogen-bond donors (Lipinski definition) is 0. The van der Waals surface area contributed by atoms with E-state index in [1.54, 1.807) is 0 Å². The summed E-state index contributed by atoms with van der Waals surface area (Å²) >= 11 is 0. The van der Waals surface area contributed by atoms with E-state index in [1.807, 2.05) is 0 Å². The van der Waals surface area contributed by atoms with Crippen molar-refractivity contribution in [1.29, 1.82) is 0 Å². The molecule has 0 N–H and O–H groups in total. The predicted molar refractivity (Wildman–Crippen MR) is 45.9 cm³/mol. The average molecular weight is 136 g/mol. The smallest absolute Gasteiger partial charge is 0.0191 e. The number of rotatable bonds is 0. The molecular weight excluding hydrogens is 120 g/mol. The Bertz CT molecular complexity index is 163. The first-order valence-electron chi connectivity index (χ1n) is 4.10. The van der Waals surface area contributed by atoms with Crippen molar-refractivity contribution in [3.63, 3.8) is 0 Å². The van der Waals surface area contributed by atoms with Gasteiger partial charge in [0.05, 0.1) is 0 Å². The van der Waals surface area contributed by atoms with Crippen LogP contribution < -0.4 is 0 Å². The average Bonchev–Trinajstić information content (AvgIpc) is 1.88. The molecule has 56 valence electrons. The zero-order valence-electron chi connectivity index (χ0n) is 6.98. The Kier molecular flexibility index (Phi) is 2.31. The van der Waals surface area contributed by atoms with Gasteiger partial charge in [0, 0.05) is 0 Å². The van der Waals surface area contributed by atoms with Gasteiger partial charge >= 0.3 is 0 Å². The van der Waals surface area contributed by atoms with Crippen molar-refractivity contribution in [2.45, 2.75) is 33.1 Å². The summed E-state index contributed by atoms with van der Waals surface area (Å²) in [6, 6.07) is 0. The lowest BCUT2D eigenvalue weighted by molar-refractivity contribution is 0.540. The maximum absolute atomic E-state index is 4.05. The van der Waals surface area contributed by atoms with Crippen molar-refractivity contribution < 1.29 is 0 Å². The van der Waals surface area contributed by atoms with Crippen LogP contribution in [-0.2, 0) is 0 Å². The van der Waals surface area contributed by atoms with E-state index in [0.29, 0.717) is 0 Å². The number of allylic oxidation sites excluding steroid dienone is 3. The molecule has 1 rings (SSSR count). The zero-order chi connectivity index (χ0) is 7.56. The Morgan fingerprint density at radius 2 is 2.30 bits per heavy atom. The van der Waals surface area contributed by atoms with Crippen molar-refractivity contribution in [3.05, 3.63) is 23.8 Å². The number of hydrogen-bond acceptors (Lipinski definition) is 0. The van der Waals surface area contributed by atoms with Crippen molar-refractivity contribution in [2.24, 2.45) is 5.92 Å². The Morgan fingerprint density at radius 1 is 1.60 bits per heavy atom. The van der Waals surface area contributed by atoms with Crippen LogP contribution >= 0.6 is 0 Å². The molecule has 1 atom stereocenters. The fourth-order valence-electron chi connectivity index (χ4n) is 1.76. The van der Waals surface area contributed by atoms with Gasteiger partial charge in [0.2, 0.25) is 0 Å². The summed E-state index contributed by atoms with van der Waals surface area (Å²) in [7, 11) is 0. The van der Waals surface area contributed by atoms with Gasteiger partial charge in [-0.2, -0.15) is 0 Å². The van der Waals surface area contributed by atoms with Crippen molar-refractivity contribution in [3.8, 4) is 0 Å². The van der Waals surface area contributed by atoms with Gasteiger partial charge in [-0.1, -0.05) is 25.2 Å². The Hall–Kier alpha value is -0.520. The minimum atomic E-state index is 0.756. The van der Waals surface area contributed by atoms with Gasteiger partial charge in [-0.3, -0.25) is 0 Å². The maximum atomic E-state index is 4.05. The molecule has 1 saturated carbocycles. The molecule has 0 aliphatic heterocycles. The summed E-state index contributed by atoms with van der Waals surface area (Å²) < 4.78 is 0. The molecule has 0 amide bonds. The second kappa shape index (κ2) is 3.05. The fourth-order valence-corrected chi connectivity index (χ4v) is 1.76. The van der Waals surface area contributed by atoms with Crippen LogP contribution in [0.15, 0.2) is 23.8 Å². The predicted octanol–water partition coefficient (Wildman–Crippen LogP) is 3.31. The van der Waals surface area contributed by atoms with Crippen LogP contribution in [-0.4, -0.2) is 0 Å². The Labute approximate surface area is 63.6 Å². The van der Waals surface area contributed by atoms with Crippen LogP contribution in [0.25, 0.3) is 0 Å². The molecule has 0 aromatic carbocycles. The molecule has 0 heterocycles. The second-order valence-corrected chi connectivity index (χ2v) is 3.14. The lowest BCUT2D eigenvalue weighted by Gasteiger charge is -2.23. The normalized spacial score (nSPS) is 31.2. The van der Waals surface area contributed by atoms with E-state index in [2.05, 4.69) is 26.5 Å². The minimum absolute atomic E-state index is 0.756. The van der Waals surface area contributed by atoms with Crippen LogP contribution in [0, 0.1) is 5.92 Å².